The van der Waals surface area contributed by atoms with E-state index in [2.05, 4.69) is 22.4 Å². The maximum absolute atomic E-state index is 11.8. The van der Waals surface area contributed by atoms with Gasteiger partial charge in [0.15, 0.2) is 6.61 Å². The Morgan fingerprint density at radius 2 is 1.83 bits per heavy atom. The molecule has 0 fully saturated rings. The maximum atomic E-state index is 11.8. The number of rotatable bonds is 7. The fraction of sp³-hybridized carbons (Fsp3) is 0.278. The van der Waals surface area contributed by atoms with Crippen LogP contribution in [0.3, 0.4) is 0 Å². The molecule has 0 unspecified atom stereocenters. The summed E-state index contributed by atoms with van der Waals surface area (Å²) in [6.07, 6.45) is 4.72. The Bertz CT molecular complexity index is 629. The Hall–Kier alpha value is -2.69. The first-order valence-corrected chi connectivity index (χ1v) is 7.55. The molecule has 5 heteroatoms. The molecule has 0 aliphatic heterocycles. The van der Waals surface area contributed by atoms with Crippen LogP contribution in [-0.4, -0.2) is 29.5 Å². The Morgan fingerprint density at radius 1 is 1.13 bits per heavy atom. The summed E-state index contributed by atoms with van der Waals surface area (Å²) in [5, 5.41) is 2.83. The summed E-state index contributed by atoms with van der Waals surface area (Å²) in [4.78, 5) is 27.3. The quantitative estimate of drug-likeness (QED) is 0.797. The molecule has 1 N–H and O–H groups in total. The third-order valence-corrected chi connectivity index (χ3v) is 3.37. The van der Waals surface area contributed by atoms with E-state index >= 15 is 0 Å². The van der Waals surface area contributed by atoms with Gasteiger partial charge in [-0.15, -0.1) is 0 Å². The molecule has 0 radical (unpaired) electrons. The summed E-state index contributed by atoms with van der Waals surface area (Å²) < 4.78 is 4.97. The fourth-order valence-corrected chi connectivity index (χ4v) is 2.12. The van der Waals surface area contributed by atoms with Crippen molar-refractivity contribution in [1.82, 2.24) is 10.3 Å². The van der Waals surface area contributed by atoms with E-state index < -0.39 is 5.97 Å². The summed E-state index contributed by atoms with van der Waals surface area (Å²) in [6.45, 7) is 1.66. The Balaban J connectivity index is 1.69. The lowest BCUT2D eigenvalue weighted by atomic mass is 10.1. The summed E-state index contributed by atoms with van der Waals surface area (Å²) in [5.74, 6) is -0.826. The van der Waals surface area contributed by atoms with Crippen molar-refractivity contribution < 1.29 is 14.3 Å². The molecule has 1 aromatic carbocycles. The van der Waals surface area contributed by atoms with Crippen LogP contribution < -0.4 is 5.32 Å². The van der Waals surface area contributed by atoms with Crippen LogP contribution >= 0.6 is 0 Å². The number of aromatic nitrogens is 1. The highest BCUT2D eigenvalue weighted by molar-refractivity contribution is 5.91. The molecule has 0 saturated carbocycles. The Kier molecular flexibility index (Phi) is 6.29. The molecule has 120 valence electrons. The number of benzene rings is 1. The second kappa shape index (κ2) is 8.68. The maximum Gasteiger partial charge on any atom is 0.338 e. The van der Waals surface area contributed by atoms with Gasteiger partial charge >= 0.3 is 5.97 Å². The van der Waals surface area contributed by atoms with Crippen molar-refractivity contribution in [1.29, 1.82) is 0 Å². The van der Waals surface area contributed by atoms with Gasteiger partial charge in [-0.3, -0.25) is 9.78 Å². The Morgan fingerprint density at radius 3 is 2.52 bits per heavy atom. The number of nitrogens with one attached hydrogen (secondary N) is 1. The molecular formula is C18H20N2O3. The highest BCUT2D eigenvalue weighted by Crippen LogP contribution is 2.05. The molecule has 2 aromatic rings. The van der Waals surface area contributed by atoms with Gasteiger partial charge in [0.25, 0.3) is 5.91 Å². The largest absolute Gasteiger partial charge is 0.452 e. The van der Waals surface area contributed by atoms with Gasteiger partial charge in [-0.05, 0) is 37.5 Å². The third-order valence-electron chi connectivity index (χ3n) is 3.37. The minimum atomic E-state index is -0.528. The first kappa shape index (κ1) is 16.7. The standard InChI is InChI=1S/C18H20N2O3/c1-14(7-8-15-5-3-2-4-6-15)20-17(21)13-23-18(22)16-9-11-19-12-10-16/h2-6,9-12,14H,7-8,13H2,1H3,(H,20,21)/t14-/m1/s1. The number of amides is 1. The molecule has 0 spiro atoms. The van der Waals surface area contributed by atoms with Crippen LogP contribution in [-0.2, 0) is 16.0 Å². The number of hydrogen-bond donors (Lipinski definition) is 1. The number of ether oxygens (including phenoxy) is 1. The van der Waals surface area contributed by atoms with E-state index in [1.807, 2.05) is 25.1 Å². The molecular weight excluding hydrogens is 292 g/mol. The molecule has 0 aliphatic carbocycles. The van der Waals surface area contributed by atoms with Crippen LogP contribution in [0.4, 0.5) is 0 Å². The molecule has 0 aliphatic rings. The molecule has 2 rings (SSSR count). The van der Waals surface area contributed by atoms with E-state index in [0.29, 0.717) is 5.56 Å². The lowest BCUT2D eigenvalue weighted by Gasteiger charge is -2.14. The van der Waals surface area contributed by atoms with Crippen LogP contribution in [0.15, 0.2) is 54.9 Å². The second-order valence-corrected chi connectivity index (χ2v) is 5.30. The van der Waals surface area contributed by atoms with Gasteiger partial charge in [0.2, 0.25) is 0 Å². The number of nitrogens with zero attached hydrogens (tertiary/aromatic N) is 1. The van der Waals surface area contributed by atoms with Gasteiger partial charge in [-0.2, -0.15) is 0 Å². The lowest BCUT2D eigenvalue weighted by molar-refractivity contribution is -0.124. The van der Waals surface area contributed by atoms with Crippen LogP contribution in [0.25, 0.3) is 0 Å². The van der Waals surface area contributed by atoms with Crippen LogP contribution in [0.5, 0.6) is 0 Å². The topological polar surface area (TPSA) is 68.3 Å². The number of carbonyl (C=O) groups excluding carboxylic acids is 2. The lowest BCUT2D eigenvalue weighted by Crippen LogP contribution is -2.36. The minimum Gasteiger partial charge on any atom is -0.452 e. The summed E-state index contributed by atoms with van der Waals surface area (Å²) in [5.41, 5.74) is 1.61. The highest BCUT2D eigenvalue weighted by atomic mass is 16.5. The smallest absolute Gasteiger partial charge is 0.338 e. The van der Waals surface area contributed by atoms with Gasteiger partial charge in [-0.1, -0.05) is 30.3 Å². The van der Waals surface area contributed by atoms with Crippen molar-refractivity contribution in [2.45, 2.75) is 25.8 Å². The first-order chi connectivity index (χ1) is 11.1. The van der Waals surface area contributed by atoms with Crippen molar-refractivity contribution in [2.24, 2.45) is 0 Å². The molecule has 1 heterocycles. The van der Waals surface area contributed by atoms with Crippen molar-refractivity contribution in [3.05, 3.63) is 66.0 Å². The molecule has 1 aromatic heterocycles. The zero-order valence-electron chi connectivity index (χ0n) is 13.1. The normalized spacial score (nSPS) is 11.5. The molecule has 23 heavy (non-hydrogen) atoms. The summed E-state index contributed by atoms with van der Waals surface area (Å²) >= 11 is 0. The Labute approximate surface area is 135 Å². The van der Waals surface area contributed by atoms with E-state index in [-0.39, 0.29) is 18.6 Å². The molecule has 1 atom stereocenters. The third kappa shape index (κ3) is 5.90. The average molecular weight is 312 g/mol. The van der Waals surface area contributed by atoms with Crippen LogP contribution in [0.2, 0.25) is 0 Å². The average Bonchev–Trinajstić information content (AvgIpc) is 2.59. The van der Waals surface area contributed by atoms with E-state index in [4.69, 9.17) is 4.74 Å². The highest BCUT2D eigenvalue weighted by Gasteiger charge is 2.12. The molecule has 5 nitrogen and oxygen atoms in total. The first-order valence-electron chi connectivity index (χ1n) is 7.55. The second-order valence-electron chi connectivity index (χ2n) is 5.30. The number of aryl methyl sites for hydroxylation is 1. The number of esters is 1. The predicted octanol–water partition coefficient (Wildman–Crippen LogP) is 2.38. The fourth-order valence-electron chi connectivity index (χ4n) is 2.12. The van der Waals surface area contributed by atoms with Gasteiger partial charge in [-0.25, -0.2) is 4.79 Å². The zero-order chi connectivity index (χ0) is 16.5. The molecule has 0 bridgehead atoms. The molecule has 0 saturated heterocycles. The number of carbonyl (C=O) groups is 2. The minimum absolute atomic E-state index is 0.0160. The van der Waals surface area contributed by atoms with Crippen LogP contribution in [0.1, 0.15) is 29.3 Å². The predicted molar refractivity (Wildman–Crippen MR) is 86.9 cm³/mol. The van der Waals surface area contributed by atoms with Crippen molar-refractivity contribution >= 4 is 11.9 Å². The number of pyridine rings is 1. The monoisotopic (exact) mass is 312 g/mol. The van der Waals surface area contributed by atoms with Crippen molar-refractivity contribution in [3.63, 3.8) is 0 Å². The van der Waals surface area contributed by atoms with E-state index in [9.17, 15) is 9.59 Å². The summed E-state index contributed by atoms with van der Waals surface area (Å²) in [6, 6.07) is 13.2. The van der Waals surface area contributed by atoms with E-state index in [1.54, 1.807) is 12.1 Å². The molecule has 1 amide bonds. The number of hydrogen-bond acceptors (Lipinski definition) is 4. The van der Waals surface area contributed by atoms with Crippen molar-refractivity contribution in [2.75, 3.05) is 6.61 Å². The van der Waals surface area contributed by atoms with Gasteiger partial charge in [0, 0.05) is 18.4 Å². The van der Waals surface area contributed by atoms with E-state index in [0.717, 1.165) is 12.8 Å². The zero-order valence-corrected chi connectivity index (χ0v) is 13.1. The van der Waals surface area contributed by atoms with Crippen molar-refractivity contribution in [3.8, 4) is 0 Å². The van der Waals surface area contributed by atoms with Crippen LogP contribution in [0, 0.1) is 0 Å². The van der Waals surface area contributed by atoms with E-state index in [1.165, 1.54) is 18.0 Å². The summed E-state index contributed by atoms with van der Waals surface area (Å²) in [7, 11) is 0. The SMILES string of the molecule is C[C@H](CCc1ccccc1)NC(=O)COC(=O)c1ccncc1. The van der Waals surface area contributed by atoms with Gasteiger partial charge in [0.1, 0.15) is 0 Å². The van der Waals surface area contributed by atoms with Gasteiger partial charge < -0.3 is 10.1 Å². The van der Waals surface area contributed by atoms with Gasteiger partial charge in [0.05, 0.1) is 5.56 Å².